The standard InChI is InChI=1S/C20H25N3O2/c1-24-18-6-2-3-7-19(18)25-20-16(5-4-10-21-20)13-22-17-14-23-11-8-15(17)9-12-23/h2-7,10,15,17,22H,8-9,11-14H2,1H3. The Kier molecular flexibility index (Phi) is 4.85. The lowest BCUT2D eigenvalue weighted by atomic mass is 9.84. The van der Waals surface area contributed by atoms with Crippen LogP contribution in [0.3, 0.4) is 0 Å². The molecule has 3 aliphatic heterocycles. The van der Waals surface area contributed by atoms with Gasteiger partial charge in [-0.2, -0.15) is 0 Å². The van der Waals surface area contributed by atoms with E-state index in [1.54, 1.807) is 13.3 Å². The average molecular weight is 339 g/mol. The Morgan fingerprint density at radius 2 is 1.92 bits per heavy atom. The molecule has 5 rings (SSSR count). The number of nitrogens with zero attached hydrogens (tertiary/aromatic N) is 2. The van der Waals surface area contributed by atoms with Crippen molar-refractivity contribution in [2.75, 3.05) is 26.7 Å². The molecule has 0 amide bonds. The SMILES string of the molecule is COc1ccccc1Oc1ncccc1CNC1CN2CCC1CC2. The van der Waals surface area contributed by atoms with E-state index in [4.69, 9.17) is 9.47 Å². The van der Waals surface area contributed by atoms with Crippen molar-refractivity contribution >= 4 is 0 Å². The molecule has 1 atom stereocenters. The molecule has 1 aromatic heterocycles. The molecule has 3 fully saturated rings. The zero-order valence-corrected chi connectivity index (χ0v) is 14.6. The van der Waals surface area contributed by atoms with Crippen LogP contribution in [0.25, 0.3) is 0 Å². The second kappa shape index (κ2) is 7.42. The first-order chi connectivity index (χ1) is 12.3. The van der Waals surface area contributed by atoms with Crippen molar-refractivity contribution in [1.82, 2.24) is 15.2 Å². The molecule has 25 heavy (non-hydrogen) atoms. The van der Waals surface area contributed by atoms with Crippen molar-refractivity contribution in [3.05, 3.63) is 48.2 Å². The average Bonchev–Trinajstić information content (AvgIpc) is 2.69. The number of hydrogen-bond acceptors (Lipinski definition) is 5. The van der Waals surface area contributed by atoms with E-state index in [1.165, 1.54) is 25.9 Å². The van der Waals surface area contributed by atoms with Gasteiger partial charge in [0.25, 0.3) is 0 Å². The van der Waals surface area contributed by atoms with Crippen LogP contribution in [0.2, 0.25) is 0 Å². The van der Waals surface area contributed by atoms with E-state index < -0.39 is 0 Å². The van der Waals surface area contributed by atoms with Crippen LogP contribution in [-0.2, 0) is 6.54 Å². The van der Waals surface area contributed by atoms with E-state index in [-0.39, 0.29) is 0 Å². The van der Waals surface area contributed by atoms with Crippen LogP contribution >= 0.6 is 0 Å². The summed E-state index contributed by atoms with van der Waals surface area (Å²) in [5, 5.41) is 3.73. The summed E-state index contributed by atoms with van der Waals surface area (Å²) in [6.45, 7) is 4.46. The van der Waals surface area contributed by atoms with E-state index in [1.807, 2.05) is 30.3 Å². The van der Waals surface area contributed by atoms with Crippen LogP contribution in [0, 0.1) is 5.92 Å². The Bertz CT molecular complexity index is 714. The fourth-order valence-electron chi connectivity index (χ4n) is 3.90. The lowest BCUT2D eigenvalue weighted by Crippen LogP contribution is -2.55. The molecular weight excluding hydrogens is 314 g/mol. The van der Waals surface area contributed by atoms with Gasteiger partial charge in [-0.05, 0) is 50.0 Å². The normalized spacial score (nSPS) is 24.9. The van der Waals surface area contributed by atoms with E-state index in [0.717, 1.165) is 24.6 Å². The van der Waals surface area contributed by atoms with Crippen molar-refractivity contribution in [3.63, 3.8) is 0 Å². The molecule has 4 heterocycles. The van der Waals surface area contributed by atoms with Gasteiger partial charge in [0.1, 0.15) is 0 Å². The first-order valence-corrected chi connectivity index (χ1v) is 9.04. The molecule has 0 spiro atoms. The van der Waals surface area contributed by atoms with Crippen LogP contribution in [0.1, 0.15) is 18.4 Å². The summed E-state index contributed by atoms with van der Waals surface area (Å²) in [4.78, 5) is 7.00. The molecule has 0 aliphatic carbocycles. The number of piperidine rings is 3. The Morgan fingerprint density at radius 3 is 2.64 bits per heavy atom. The van der Waals surface area contributed by atoms with Gasteiger partial charge in [0.2, 0.25) is 5.88 Å². The smallest absolute Gasteiger partial charge is 0.223 e. The zero-order valence-electron chi connectivity index (χ0n) is 14.6. The zero-order chi connectivity index (χ0) is 17.1. The molecule has 0 radical (unpaired) electrons. The third kappa shape index (κ3) is 3.62. The van der Waals surface area contributed by atoms with E-state index >= 15 is 0 Å². The fraction of sp³-hybridized carbons (Fsp3) is 0.450. The Labute approximate surface area is 149 Å². The largest absolute Gasteiger partial charge is 0.493 e. The van der Waals surface area contributed by atoms with Gasteiger partial charge in [0.05, 0.1) is 7.11 Å². The van der Waals surface area contributed by atoms with Crippen LogP contribution < -0.4 is 14.8 Å². The topological polar surface area (TPSA) is 46.6 Å². The second-order valence-corrected chi connectivity index (χ2v) is 6.85. The fourth-order valence-corrected chi connectivity index (χ4v) is 3.90. The Balaban J connectivity index is 1.46. The molecular formula is C20H25N3O2. The summed E-state index contributed by atoms with van der Waals surface area (Å²) in [7, 11) is 1.65. The number of hydrogen-bond donors (Lipinski definition) is 1. The molecule has 1 aromatic carbocycles. The number of para-hydroxylation sites is 2. The maximum Gasteiger partial charge on any atom is 0.223 e. The quantitative estimate of drug-likeness (QED) is 0.876. The molecule has 0 saturated carbocycles. The highest BCUT2D eigenvalue weighted by Gasteiger charge is 2.33. The van der Waals surface area contributed by atoms with Gasteiger partial charge in [-0.1, -0.05) is 18.2 Å². The van der Waals surface area contributed by atoms with E-state index in [2.05, 4.69) is 21.3 Å². The summed E-state index contributed by atoms with van der Waals surface area (Å²) >= 11 is 0. The van der Waals surface area contributed by atoms with Gasteiger partial charge in [-0.3, -0.25) is 0 Å². The van der Waals surface area contributed by atoms with Crippen molar-refractivity contribution in [1.29, 1.82) is 0 Å². The summed E-state index contributed by atoms with van der Waals surface area (Å²) in [5.41, 5.74) is 1.07. The number of methoxy groups -OCH3 is 1. The van der Waals surface area contributed by atoms with Crippen molar-refractivity contribution in [2.45, 2.75) is 25.4 Å². The van der Waals surface area contributed by atoms with Gasteiger partial charge < -0.3 is 19.7 Å². The van der Waals surface area contributed by atoms with Crippen LogP contribution in [0.5, 0.6) is 17.4 Å². The molecule has 1 unspecified atom stereocenters. The number of pyridine rings is 1. The van der Waals surface area contributed by atoms with Crippen molar-refractivity contribution < 1.29 is 9.47 Å². The third-order valence-electron chi connectivity index (χ3n) is 5.34. The lowest BCUT2D eigenvalue weighted by Gasteiger charge is -2.45. The first-order valence-electron chi connectivity index (χ1n) is 9.04. The minimum Gasteiger partial charge on any atom is -0.493 e. The number of nitrogens with one attached hydrogen (secondary N) is 1. The maximum absolute atomic E-state index is 6.05. The number of ether oxygens (including phenoxy) is 2. The molecule has 2 aromatic rings. The molecule has 132 valence electrons. The Morgan fingerprint density at radius 1 is 1.12 bits per heavy atom. The first kappa shape index (κ1) is 16.4. The number of fused-ring (bicyclic) bond motifs is 3. The third-order valence-corrected chi connectivity index (χ3v) is 5.34. The van der Waals surface area contributed by atoms with Gasteiger partial charge in [0.15, 0.2) is 11.5 Å². The van der Waals surface area contributed by atoms with Crippen LogP contribution in [-0.4, -0.2) is 42.7 Å². The Hall–Kier alpha value is -2.11. The molecule has 5 nitrogen and oxygen atoms in total. The summed E-state index contributed by atoms with van der Waals surface area (Å²) in [5.74, 6) is 2.85. The van der Waals surface area contributed by atoms with Gasteiger partial charge in [0, 0.05) is 30.9 Å². The molecule has 2 bridgehead atoms. The van der Waals surface area contributed by atoms with Gasteiger partial charge in [-0.25, -0.2) is 4.98 Å². The molecule has 3 saturated heterocycles. The summed E-state index contributed by atoms with van der Waals surface area (Å²) in [6, 6.07) is 12.3. The summed E-state index contributed by atoms with van der Waals surface area (Å²) in [6.07, 6.45) is 4.40. The monoisotopic (exact) mass is 339 g/mol. The van der Waals surface area contributed by atoms with E-state index in [0.29, 0.717) is 23.4 Å². The van der Waals surface area contributed by atoms with Crippen molar-refractivity contribution in [3.8, 4) is 17.4 Å². The highest BCUT2D eigenvalue weighted by molar-refractivity contribution is 5.42. The maximum atomic E-state index is 6.05. The number of benzene rings is 1. The molecule has 1 N–H and O–H groups in total. The predicted molar refractivity (Wildman–Crippen MR) is 97.1 cm³/mol. The highest BCUT2D eigenvalue weighted by Crippen LogP contribution is 2.32. The van der Waals surface area contributed by atoms with E-state index in [9.17, 15) is 0 Å². The lowest BCUT2D eigenvalue weighted by molar-refractivity contribution is 0.0719. The second-order valence-electron chi connectivity index (χ2n) is 6.85. The predicted octanol–water partition coefficient (Wildman–Crippen LogP) is 3.07. The minimum absolute atomic E-state index is 0.571. The number of aromatic nitrogens is 1. The number of rotatable bonds is 6. The minimum atomic E-state index is 0.571. The summed E-state index contributed by atoms with van der Waals surface area (Å²) < 4.78 is 11.4. The van der Waals surface area contributed by atoms with Gasteiger partial charge >= 0.3 is 0 Å². The molecule has 3 aliphatic rings. The van der Waals surface area contributed by atoms with Crippen molar-refractivity contribution in [2.24, 2.45) is 5.92 Å². The van der Waals surface area contributed by atoms with Crippen LogP contribution in [0.15, 0.2) is 42.6 Å². The van der Waals surface area contributed by atoms with Crippen LogP contribution in [0.4, 0.5) is 0 Å². The molecule has 5 heteroatoms. The highest BCUT2D eigenvalue weighted by atomic mass is 16.5. The van der Waals surface area contributed by atoms with Gasteiger partial charge in [-0.15, -0.1) is 0 Å².